The lowest BCUT2D eigenvalue weighted by atomic mass is 10.1. The summed E-state index contributed by atoms with van der Waals surface area (Å²) in [6.07, 6.45) is 0.395. The number of ether oxygens (including phenoxy) is 1. The van der Waals surface area contributed by atoms with Crippen LogP contribution in [0.1, 0.15) is 25.8 Å². The Morgan fingerprint density at radius 2 is 2.00 bits per heavy atom. The lowest BCUT2D eigenvalue weighted by molar-refractivity contribution is 0.0946. The Morgan fingerprint density at radius 3 is 2.59 bits per heavy atom. The van der Waals surface area contributed by atoms with Crippen molar-refractivity contribution in [2.24, 2.45) is 11.8 Å². The minimum absolute atomic E-state index is 0.259. The van der Waals surface area contributed by atoms with Crippen LogP contribution >= 0.6 is 0 Å². The summed E-state index contributed by atoms with van der Waals surface area (Å²) < 4.78 is 5.08. The Morgan fingerprint density at radius 1 is 1.35 bits per heavy atom. The highest BCUT2D eigenvalue weighted by atomic mass is 16.6. The van der Waals surface area contributed by atoms with Gasteiger partial charge in [-0.25, -0.2) is 15.6 Å². The van der Waals surface area contributed by atoms with Crippen LogP contribution in [0.2, 0.25) is 0 Å². The van der Waals surface area contributed by atoms with Gasteiger partial charge in [0.25, 0.3) is 0 Å². The number of carbonyl (C=O) groups is 1. The van der Waals surface area contributed by atoms with Crippen LogP contribution in [-0.2, 0) is 11.3 Å². The smallest absolute Gasteiger partial charge is 0.424 e. The van der Waals surface area contributed by atoms with E-state index in [9.17, 15) is 4.79 Å². The van der Waals surface area contributed by atoms with E-state index in [1.807, 2.05) is 30.3 Å². The highest BCUT2D eigenvalue weighted by molar-refractivity contribution is 5.66. The molecule has 0 aliphatic carbocycles. The van der Waals surface area contributed by atoms with Gasteiger partial charge < -0.3 is 4.74 Å². The Labute approximate surface area is 102 Å². The average Bonchev–Trinajstić information content (AvgIpc) is 2.34. The molecule has 0 saturated heterocycles. The molecule has 1 amide bonds. The van der Waals surface area contributed by atoms with Crippen LogP contribution in [0.25, 0.3) is 0 Å². The quantitative estimate of drug-likeness (QED) is 0.485. The zero-order valence-electron chi connectivity index (χ0n) is 10.4. The molecule has 1 aromatic carbocycles. The van der Waals surface area contributed by atoms with Crippen LogP contribution < -0.4 is 5.84 Å². The first kappa shape index (κ1) is 13.5. The van der Waals surface area contributed by atoms with Crippen molar-refractivity contribution in [1.29, 1.82) is 0 Å². The molecule has 1 aromatic rings. The predicted molar refractivity (Wildman–Crippen MR) is 67.0 cm³/mol. The van der Waals surface area contributed by atoms with E-state index in [2.05, 4.69) is 13.8 Å². The van der Waals surface area contributed by atoms with Gasteiger partial charge in [-0.1, -0.05) is 44.2 Å². The van der Waals surface area contributed by atoms with Gasteiger partial charge in [-0.15, -0.1) is 0 Å². The topological polar surface area (TPSA) is 55.6 Å². The van der Waals surface area contributed by atoms with Gasteiger partial charge in [0, 0.05) is 6.54 Å². The van der Waals surface area contributed by atoms with E-state index in [1.54, 1.807) is 0 Å². The first-order valence-electron chi connectivity index (χ1n) is 5.82. The first-order chi connectivity index (χ1) is 8.09. The molecule has 0 spiro atoms. The Hall–Kier alpha value is -1.55. The van der Waals surface area contributed by atoms with Crippen LogP contribution in [-0.4, -0.2) is 17.6 Å². The monoisotopic (exact) mass is 236 g/mol. The zero-order valence-corrected chi connectivity index (χ0v) is 10.4. The number of benzene rings is 1. The second-order valence-electron chi connectivity index (χ2n) is 4.42. The van der Waals surface area contributed by atoms with E-state index in [1.165, 1.54) is 0 Å². The lowest BCUT2D eigenvalue weighted by Crippen LogP contribution is -2.38. The van der Waals surface area contributed by atoms with Gasteiger partial charge in [-0.3, -0.25) is 0 Å². The van der Waals surface area contributed by atoms with Gasteiger partial charge in [0.15, 0.2) is 0 Å². The van der Waals surface area contributed by atoms with Crippen LogP contribution in [0, 0.1) is 5.92 Å². The molecule has 0 unspecified atom stereocenters. The van der Waals surface area contributed by atoms with Crippen molar-refractivity contribution in [1.82, 2.24) is 5.01 Å². The van der Waals surface area contributed by atoms with E-state index in [-0.39, 0.29) is 6.61 Å². The third kappa shape index (κ3) is 5.36. The summed E-state index contributed by atoms with van der Waals surface area (Å²) in [4.78, 5) is 11.5. The highest BCUT2D eigenvalue weighted by Crippen LogP contribution is 2.04. The SMILES string of the molecule is CC(C)CCN(N)C(=O)OCc1ccccc1. The highest BCUT2D eigenvalue weighted by Gasteiger charge is 2.11. The molecule has 1 rings (SSSR count). The second-order valence-corrected chi connectivity index (χ2v) is 4.42. The van der Waals surface area contributed by atoms with E-state index in [0.717, 1.165) is 17.0 Å². The van der Waals surface area contributed by atoms with Crippen molar-refractivity contribution >= 4 is 6.09 Å². The first-order valence-corrected chi connectivity index (χ1v) is 5.82. The molecule has 0 fully saturated rings. The molecule has 4 nitrogen and oxygen atoms in total. The number of hydrazine groups is 1. The molecule has 0 aliphatic heterocycles. The summed E-state index contributed by atoms with van der Waals surface area (Å²) in [6.45, 7) is 4.95. The molecule has 4 heteroatoms. The summed E-state index contributed by atoms with van der Waals surface area (Å²) in [7, 11) is 0. The maximum Gasteiger partial charge on any atom is 0.424 e. The van der Waals surface area contributed by atoms with Crippen LogP contribution in [0.4, 0.5) is 4.79 Å². The molecule has 0 aromatic heterocycles. The maximum atomic E-state index is 11.5. The zero-order chi connectivity index (χ0) is 12.7. The second kappa shape index (κ2) is 6.91. The number of rotatable bonds is 5. The summed E-state index contributed by atoms with van der Waals surface area (Å²) in [6, 6.07) is 9.54. The van der Waals surface area contributed by atoms with Crippen molar-refractivity contribution in [2.75, 3.05) is 6.54 Å². The van der Waals surface area contributed by atoms with Gasteiger partial charge in [0.1, 0.15) is 6.61 Å². The summed E-state index contributed by atoms with van der Waals surface area (Å²) in [5.74, 6) is 6.11. The fraction of sp³-hybridized carbons (Fsp3) is 0.462. The number of nitrogens with two attached hydrogens (primary N) is 1. The molecule has 0 heterocycles. The van der Waals surface area contributed by atoms with Gasteiger partial charge >= 0.3 is 6.09 Å². The van der Waals surface area contributed by atoms with E-state index >= 15 is 0 Å². The molecule has 0 bridgehead atoms. The van der Waals surface area contributed by atoms with Crippen molar-refractivity contribution in [3.05, 3.63) is 35.9 Å². The fourth-order valence-corrected chi connectivity index (χ4v) is 1.29. The fourth-order valence-electron chi connectivity index (χ4n) is 1.29. The lowest BCUT2D eigenvalue weighted by Gasteiger charge is -2.17. The van der Waals surface area contributed by atoms with E-state index in [0.29, 0.717) is 12.5 Å². The predicted octanol–water partition coefficient (Wildman–Crippen LogP) is 2.55. The molecule has 2 N–H and O–H groups in total. The third-order valence-electron chi connectivity index (χ3n) is 2.39. The van der Waals surface area contributed by atoms with E-state index in [4.69, 9.17) is 10.6 Å². The summed E-state index contributed by atoms with van der Waals surface area (Å²) in [5, 5.41) is 1.13. The molecular formula is C13H20N2O2. The molecule has 17 heavy (non-hydrogen) atoms. The van der Waals surface area contributed by atoms with Crippen LogP contribution in [0.3, 0.4) is 0 Å². The van der Waals surface area contributed by atoms with Crippen molar-refractivity contribution in [3.8, 4) is 0 Å². The summed E-state index contributed by atoms with van der Waals surface area (Å²) >= 11 is 0. The van der Waals surface area contributed by atoms with Crippen molar-refractivity contribution in [2.45, 2.75) is 26.9 Å². The van der Waals surface area contributed by atoms with Gasteiger partial charge in [0.2, 0.25) is 0 Å². The number of carbonyl (C=O) groups excluding carboxylic acids is 1. The molecule has 94 valence electrons. The Bertz CT molecular complexity index is 339. The molecule has 0 atom stereocenters. The number of nitrogens with zero attached hydrogens (tertiary/aromatic N) is 1. The summed E-state index contributed by atoms with van der Waals surface area (Å²) in [5.41, 5.74) is 0.957. The average molecular weight is 236 g/mol. The third-order valence-corrected chi connectivity index (χ3v) is 2.39. The van der Waals surface area contributed by atoms with Crippen molar-refractivity contribution in [3.63, 3.8) is 0 Å². The number of hydrogen-bond donors (Lipinski definition) is 1. The number of hydrogen-bond acceptors (Lipinski definition) is 3. The molecular weight excluding hydrogens is 216 g/mol. The van der Waals surface area contributed by atoms with Gasteiger partial charge in [-0.05, 0) is 17.9 Å². The normalized spacial score (nSPS) is 10.4. The Balaban J connectivity index is 2.29. The van der Waals surface area contributed by atoms with E-state index < -0.39 is 6.09 Å². The number of amides is 1. The minimum atomic E-state index is -0.477. The van der Waals surface area contributed by atoms with Crippen molar-refractivity contribution < 1.29 is 9.53 Å². The minimum Gasteiger partial charge on any atom is -0.444 e. The van der Waals surface area contributed by atoms with Gasteiger partial charge in [0.05, 0.1) is 0 Å². The largest absolute Gasteiger partial charge is 0.444 e. The van der Waals surface area contributed by atoms with Gasteiger partial charge in [-0.2, -0.15) is 0 Å². The van der Waals surface area contributed by atoms with Crippen LogP contribution in [0.15, 0.2) is 30.3 Å². The molecule has 0 saturated carbocycles. The standard InChI is InChI=1S/C13H20N2O2/c1-11(2)8-9-15(14)13(16)17-10-12-6-4-3-5-7-12/h3-7,11H,8-10,14H2,1-2H3. The molecule has 0 radical (unpaired) electrons. The Kier molecular flexibility index (Phi) is 5.49. The maximum absolute atomic E-state index is 11.5. The molecule has 0 aliphatic rings. The van der Waals surface area contributed by atoms with Crippen LogP contribution in [0.5, 0.6) is 0 Å².